The summed E-state index contributed by atoms with van der Waals surface area (Å²) in [5, 5.41) is 0. The van der Waals surface area contributed by atoms with E-state index in [9.17, 15) is 0 Å². The van der Waals surface area contributed by atoms with Gasteiger partial charge >= 0.3 is 0 Å². The van der Waals surface area contributed by atoms with Crippen molar-refractivity contribution in [1.82, 2.24) is 4.90 Å². The molecule has 0 saturated carbocycles. The van der Waals surface area contributed by atoms with E-state index in [4.69, 9.17) is 5.73 Å². The highest BCUT2D eigenvalue weighted by Crippen LogP contribution is 2.31. The highest BCUT2D eigenvalue weighted by Gasteiger charge is 2.29. The molecule has 20 heavy (non-hydrogen) atoms. The molecule has 0 amide bonds. The molecule has 2 N–H and O–H groups in total. The van der Waals surface area contributed by atoms with E-state index < -0.39 is 0 Å². The van der Waals surface area contributed by atoms with Crippen LogP contribution in [0.4, 0.5) is 0 Å². The first-order valence-corrected chi connectivity index (χ1v) is 8.35. The smallest absolute Gasteiger partial charge is 0.0476 e. The zero-order valence-corrected chi connectivity index (χ0v) is 13.1. The fourth-order valence-corrected chi connectivity index (χ4v) is 3.70. The number of benzene rings is 1. The number of piperidine rings is 1. The number of rotatable bonds is 6. The molecule has 2 atom stereocenters. The number of aryl methyl sites for hydroxylation is 1. The predicted molar refractivity (Wildman–Crippen MR) is 86.9 cm³/mol. The van der Waals surface area contributed by atoms with Crippen molar-refractivity contribution in [2.45, 2.75) is 64.5 Å². The van der Waals surface area contributed by atoms with E-state index in [-0.39, 0.29) is 0 Å². The maximum atomic E-state index is 6.18. The second-order valence-electron chi connectivity index (χ2n) is 5.98. The molecule has 1 aromatic rings. The first-order valence-electron chi connectivity index (χ1n) is 8.35. The second-order valence-corrected chi connectivity index (χ2v) is 5.98. The van der Waals surface area contributed by atoms with Gasteiger partial charge in [0.05, 0.1) is 0 Å². The van der Waals surface area contributed by atoms with Gasteiger partial charge in [0.1, 0.15) is 0 Å². The lowest BCUT2D eigenvalue weighted by Crippen LogP contribution is -2.44. The van der Waals surface area contributed by atoms with E-state index in [2.05, 4.69) is 43.0 Å². The van der Waals surface area contributed by atoms with Crippen molar-refractivity contribution >= 4 is 0 Å². The molecule has 112 valence electrons. The van der Waals surface area contributed by atoms with Crippen LogP contribution in [-0.2, 0) is 6.42 Å². The van der Waals surface area contributed by atoms with Crippen molar-refractivity contribution in [2.75, 3.05) is 13.1 Å². The van der Waals surface area contributed by atoms with E-state index in [0.717, 1.165) is 19.0 Å². The summed E-state index contributed by atoms with van der Waals surface area (Å²) in [5.74, 6) is 0. The van der Waals surface area contributed by atoms with Crippen LogP contribution in [0, 0.1) is 0 Å². The average molecular weight is 274 g/mol. The lowest BCUT2D eigenvalue weighted by Gasteiger charge is -2.41. The van der Waals surface area contributed by atoms with Crippen molar-refractivity contribution in [3.8, 4) is 0 Å². The molecule has 1 aliphatic heterocycles. The Labute approximate surface area is 124 Å². The Morgan fingerprint density at radius 3 is 2.75 bits per heavy atom. The summed E-state index contributed by atoms with van der Waals surface area (Å²) in [6.45, 7) is 6.48. The first kappa shape index (κ1) is 15.5. The standard InChI is InChI=1S/C18H30N2/c1-3-9-16-11-7-8-13-20(16)18(14-19)17-12-6-5-10-15(17)4-2/h5-6,10,12,16,18H,3-4,7-9,11,13-14,19H2,1-2H3. The Bertz CT molecular complexity index is 400. The fourth-order valence-electron chi connectivity index (χ4n) is 3.70. The molecule has 1 aliphatic rings. The lowest BCUT2D eigenvalue weighted by molar-refractivity contribution is 0.0908. The summed E-state index contributed by atoms with van der Waals surface area (Å²) in [7, 11) is 0. The topological polar surface area (TPSA) is 29.3 Å². The minimum absolute atomic E-state index is 0.406. The highest BCUT2D eigenvalue weighted by atomic mass is 15.2. The summed E-state index contributed by atoms with van der Waals surface area (Å²) < 4.78 is 0. The summed E-state index contributed by atoms with van der Waals surface area (Å²) >= 11 is 0. The van der Waals surface area contributed by atoms with Gasteiger partial charge in [-0.2, -0.15) is 0 Å². The van der Waals surface area contributed by atoms with Crippen LogP contribution >= 0.6 is 0 Å². The summed E-state index contributed by atoms with van der Waals surface area (Å²) in [5.41, 5.74) is 9.10. The van der Waals surface area contributed by atoms with Crippen molar-refractivity contribution in [3.63, 3.8) is 0 Å². The van der Waals surface area contributed by atoms with Crippen molar-refractivity contribution in [2.24, 2.45) is 5.73 Å². The summed E-state index contributed by atoms with van der Waals surface area (Å²) in [6, 6.07) is 9.99. The van der Waals surface area contributed by atoms with E-state index in [1.165, 1.54) is 49.8 Å². The monoisotopic (exact) mass is 274 g/mol. The van der Waals surface area contributed by atoms with E-state index in [1.54, 1.807) is 0 Å². The van der Waals surface area contributed by atoms with Gasteiger partial charge in [-0.25, -0.2) is 0 Å². The predicted octanol–water partition coefficient (Wildman–Crippen LogP) is 3.90. The van der Waals surface area contributed by atoms with Crippen LogP contribution in [0.3, 0.4) is 0 Å². The van der Waals surface area contributed by atoms with Gasteiger partial charge in [-0.1, -0.05) is 51.0 Å². The van der Waals surface area contributed by atoms with Gasteiger partial charge in [-0.05, 0) is 43.4 Å². The van der Waals surface area contributed by atoms with Gasteiger partial charge < -0.3 is 5.73 Å². The molecule has 0 spiro atoms. The minimum atomic E-state index is 0.406. The van der Waals surface area contributed by atoms with Crippen molar-refractivity contribution in [1.29, 1.82) is 0 Å². The number of nitrogens with two attached hydrogens (primary N) is 1. The Kier molecular flexibility index (Phi) is 6.06. The number of hydrogen-bond donors (Lipinski definition) is 1. The zero-order chi connectivity index (χ0) is 14.4. The summed E-state index contributed by atoms with van der Waals surface area (Å²) in [6.07, 6.45) is 7.73. The minimum Gasteiger partial charge on any atom is -0.329 e. The SMILES string of the molecule is CCCC1CCCCN1C(CN)c1ccccc1CC. The van der Waals surface area contributed by atoms with E-state index in [1.807, 2.05) is 0 Å². The zero-order valence-electron chi connectivity index (χ0n) is 13.1. The molecule has 1 heterocycles. The Morgan fingerprint density at radius 1 is 1.25 bits per heavy atom. The maximum absolute atomic E-state index is 6.18. The van der Waals surface area contributed by atoms with E-state index >= 15 is 0 Å². The second kappa shape index (κ2) is 7.80. The normalized spacial score (nSPS) is 21.9. The van der Waals surface area contributed by atoms with Crippen LogP contribution in [-0.4, -0.2) is 24.0 Å². The van der Waals surface area contributed by atoms with Gasteiger partial charge in [0.15, 0.2) is 0 Å². The van der Waals surface area contributed by atoms with E-state index in [0.29, 0.717) is 6.04 Å². The molecule has 1 fully saturated rings. The van der Waals surface area contributed by atoms with Crippen LogP contribution in [0.2, 0.25) is 0 Å². The summed E-state index contributed by atoms with van der Waals surface area (Å²) in [4.78, 5) is 2.70. The van der Waals surface area contributed by atoms with Gasteiger partial charge in [0.25, 0.3) is 0 Å². The highest BCUT2D eigenvalue weighted by molar-refractivity contribution is 5.30. The molecule has 0 radical (unpaired) electrons. The van der Waals surface area contributed by atoms with Crippen LogP contribution in [0.5, 0.6) is 0 Å². The van der Waals surface area contributed by atoms with Gasteiger partial charge in [-0.3, -0.25) is 4.90 Å². The van der Waals surface area contributed by atoms with Gasteiger partial charge in [0.2, 0.25) is 0 Å². The molecule has 0 bridgehead atoms. The maximum Gasteiger partial charge on any atom is 0.0476 e. The molecular weight excluding hydrogens is 244 g/mol. The van der Waals surface area contributed by atoms with Crippen LogP contribution in [0.25, 0.3) is 0 Å². The largest absolute Gasteiger partial charge is 0.329 e. The molecular formula is C18H30N2. The Morgan fingerprint density at radius 2 is 2.05 bits per heavy atom. The molecule has 2 rings (SSSR count). The molecule has 1 aromatic carbocycles. The van der Waals surface area contributed by atoms with Crippen molar-refractivity contribution in [3.05, 3.63) is 35.4 Å². The number of likely N-dealkylation sites (tertiary alicyclic amines) is 1. The first-order chi connectivity index (χ1) is 9.81. The van der Waals surface area contributed by atoms with Gasteiger partial charge in [0, 0.05) is 18.6 Å². The molecule has 2 nitrogen and oxygen atoms in total. The molecule has 1 saturated heterocycles. The molecule has 0 aromatic heterocycles. The average Bonchev–Trinajstić information content (AvgIpc) is 2.50. The van der Waals surface area contributed by atoms with Crippen LogP contribution in [0.1, 0.15) is 63.1 Å². The quantitative estimate of drug-likeness (QED) is 0.852. The van der Waals surface area contributed by atoms with Gasteiger partial charge in [-0.15, -0.1) is 0 Å². The Hall–Kier alpha value is -0.860. The van der Waals surface area contributed by atoms with Crippen molar-refractivity contribution < 1.29 is 0 Å². The third kappa shape index (κ3) is 3.42. The molecule has 2 unspecified atom stereocenters. The Balaban J connectivity index is 2.25. The third-order valence-corrected chi connectivity index (χ3v) is 4.71. The lowest BCUT2D eigenvalue weighted by atomic mass is 9.91. The third-order valence-electron chi connectivity index (χ3n) is 4.71. The number of hydrogen-bond acceptors (Lipinski definition) is 2. The molecule has 2 heteroatoms. The molecule has 0 aliphatic carbocycles. The fraction of sp³-hybridized carbons (Fsp3) is 0.667. The van der Waals surface area contributed by atoms with Crippen LogP contribution in [0.15, 0.2) is 24.3 Å². The number of nitrogens with zero attached hydrogens (tertiary/aromatic N) is 1. The van der Waals surface area contributed by atoms with Crippen LogP contribution < -0.4 is 5.73 Å².